The Morgan fingerprint density at radius 2 is 1.30 bits per heavy atom. The maximum atomic E-state index is 14.7. The zero-order valence-corrected chi connectivity index (χ0v) is 70.9. The van der Waals surface area contributed by atoms with Crippen molar-refractivity contribution < 1.29 is 53.2 Å². The van der Waals surface area contributed by atoms with Gasteiger partial charge in [-0.2, -0.15) is 4.68 Å². The van der Waals surface area contributed by atoms with Gasteiger partial charge in [-0.15, -0.1) is 0 Å². The minimum absolute atomic E-state index is 0.0176. The van der Waals surface area contributed by atoms with Gasteiger partial charge in [-0.25, -0.2) is 4.98 Å². The minimum Gasteiger partial charge on any atom is -0.481 e. The number of carbonyl (C=O) groups is 7. The summed E-state index contributed by atoms with van der Waals surface area (Å²) >= 11 is 13.2. The molecule has 0 radical (unpaired) electrons. The molecule has 2 aromatic heterocycles. The number of ketones is 2. The van der Waals surface area contributed by atoms with Crippen molar-refractivity contribution >= 4 is 70.2 Å². The van der Waals surface area contributed by atoms with E-state index in [0.29, 0.717) is 95.5 Å². The van der Waals surface area contributed by atoms with Crippen molar-refractivity contribution in [1.29, 1.82) is 0 Å². The number of aromatic nitrogens is 3. The molecule has 110 heavy (non-hydrogen) atoms. The third-order valence-electron chi connectivity index (χ3n) is 32.8. The molecule has 1 amide bonds. The van der Waals surface area contributed by atoms with Gasteiger partial charge in [0.15, 0.2) is 17.4 Å². The highest BCUT2D eigenvalue weighted by Gasteiger charge is 2.72. The van der Waals surface area contributed by atoms with Gasteiger partial charge in [0.1, 0.15) is 12.2 Å². The number of carboxylic acid groups (broad SMARTS) is 2. The summed E-state index contributed by atoms with van der Waals surface area (Å²) in [6.45, 7) is 37.3. The number of halogens is 2. The number of carboxylic acids is 2. The summed E-state index contributed by atoms with van der Waals surface area (Å²) in [5.41, 5.74) is 2.23. The zero-order valence-electron chi connectivity index (χ0n) is 69.4. The van der Waals surface area contributed by atoms with Crippen LogP contribution in [0.3, 0.4) is 0 Å². The molecule has 7 fully saturated rings. The molecule has 12 rings (SSSR count). The van der Waals surface area contributed by atoms with Gasteiger partial charge < -0.3 is 30.3 Å². The number of nitrogens with one attached hydrogen (secondary N) is 2. The smallest absolute Gasteiger partial charge is 0.310 e. The van der Waals surface area contributed by atoms with Crippen LogP contribution in [0, 0.1) is 107 Å². The number of allylic oxidation sites excluding steroid dienone is 5. The van der Waals surface area contributed by atoms with Gasteiger partial charge >= 0.3 is 23.9 Å². The predicted octanol–water partition coefficient (Wildman–Crippen LogP) is 19.3. The number of Topliss-reactive ketones (excluding diaryl/α,β-unsaturated/α-hetero) is 2. The first-order valence-corrected chi connectivity index (χ1v) is 42.3. The van der Waals surface area contributed by atoms with Crippen LogP contribution in [0.15, 0.2) is 81.5 Å². The van der Waals surface area contributed by atoms with Crippen LogP contribution >= 0.6 is 23.2 Å². The number of rotatable bonds is 24. The van der Waals surface area contributed by atoms with E-state index in [0.717, 1.165) is 107 Å². The van der Waals surface area contributed by atoms with Crippen molar-refractivity contribution in [2.75, 3.05) is 12.4 Å². The lowest BCUT2D eigenvalue weighted by Gasteiger charge is -2.72. The molecule has 0 bridgehead atoms. The lowest BCUT2D eigenvalue weighted by atomic mass is 9.33. The van der Waals surface area contributed by atoms with Gasteiger partial charge in [0.2, 0.25) is 5.91 Å². The maximum Gasteiger partial charge on any atom is 0.310 e. The minimum atomic E-state index is -1.62. The van der Waals surface area contributed by atoms with Gasteiger partial charge in [0, 0.05) is 83.6 Å². The zero-order chi connectivity index (χ0) is 80.6. The average molecular weight is 1550 g/mol. The van der Waals surface area contributed by atoms with Crippen LogP contribution in [-0.2, 0) is 62.9 Å². The Morgan fingerprint density at radius 1 is 0.700 bits per heavy atom. The van der Waals surface area contributed by atoms with Gasteiger partial charge in [0.05, 0.1) is 28.7 Å². The predicted molar refractivity (Wildman–Crippen MR) is 430 cm³/mol. The Hall–Kier alpha value is -6.33. The van der Waals surface area contributed by atoms with E-state index in [-0.39, 0.29) is 98.2 Å². The van der Waals surface area contributed by atoms with E-state index in [4.69, 9.17) is 32.7 Å². The highest BCUT2D eigenvalue weighted by atomic mass is 35.5. The van der Waals surface area contributed by atoms with Crippen LogP contribution in [0.2, 0.25) is 10.0 Å². The number of aliphatic carboxylic acids is 2. The second kappa shape index (κ2) is 29.5. The number of hydrogen-bond acceptors (Lipinski definition) is 12. The van der Waals surface area contributed by atoms with E-state index in [2.05, 4.69) is 106 Å². The monoisotopic (exact) mass is 1550 g/mol. The number of carbonyl (C=O) groups excluding carboxylic acids is 5. The first kappa shape index (κ1) is 83.1. The van der Waals surface area contributed by atoms with Crippen molar-refractivity contribution in [2.45, 2.75) is 284 Å². The van der Waals surface area contributed by atoms with Gasteiger partial charge in [-0.3, -0.25) is 43.0 Å². The molecule has 1 aromatic carbocycles. The van der Waals surface area contributed by atoms with Crippen molar-refractivity contribution in [1.82, 2.24) is 19.7 Å². The number of anilines is 1. The molecule has 4 N–H and O–H groups in total. The van der Waals surface area contributed by atoms with E-state index in [1.54, 1.807) is 74.1 Å². The summed E-state index contributed by atoms with van der Waals surface area (Å²) < 4.78 is 16.1. The number of esters is 2. The average Bonchev–Trinajstić information content (AvgIpc) is 1.16. The fraction of sp³-hybridized carbons (Fsp3) is 0.703. The molecule has 0 spiro atoms. The molecule has 0 saturated heterocycles. The summed E-state index contributed by atoms with van der Waals surface area (Å²) in [6, 6.07) is 10.2. The Morgan fingerprint density at radius 3 is 1.89 bits per heavy atom. The van der Waals surface area contributed by atoms with Crippen molar-refractivity contribution in [3.8, 4) is 5.82 Å². The topological polar surface area (TPSA) is 242 Å². The highest BCUT2D eigenvalue weighted by molar-refractivity contribution is 6.31. The molecule has 602 valence electrons. The van der Waals surface area contributed by atoms with Crippen LogP contribution < -0.4 is 16.2 Å². The molecule has 3 aromatic rings. The molecule has 9 aliphatic rings. The normalized spacial score (nSPS) is 34.7. The number of ether oxygens (including phenoxy) is 2. The van der Waals surface area contributed by atoms with E-state index >= 15 is 0 Å². The summed E-state index contributed by atoms with van der Waals surface area (Å²) in [4.78, 5) is 115. The van der Waals surface area contributed by atoms with Gasteiger partial charge in [-0.1, -0.05) is 131 Å². The van der Waals surface area contributed by atoms with Gasteiger partial charge in [-0.05, 0) is 276 Å². The van der Waals surface area contributed by atoms with Crippen LogP contribution in [0.1, 0.15) is 270 Å². The standard InChI is InChI=1S/C91H127Cl2N5O12/c1-20-60(109-73(103)49-81(7,8)79(105)106)30-33-84(12)54(6)29-35-88(16)67(84)26-23-61-77-75(52(2)3)64(99)47-90(77,39-37-86(61,88)14)45-58(94-18)42-71(101)96-57-22-25-63(93)55(41-57)44-83(11,80(107)108)50-74(104)110-69-32-34-85(13)66(82(69,9)10)31-36-89(17)68(85)27-24-62-78-76(53(4)5)65(100)48-91(78,40-38-87(62,89)15)46-59-43-72(102)98(97(59)19)70-28-21-56(92)51-95-70/h21-22,25,28,41-43,51-54,60-62,66-69,94H,20,23-24,26-27,29-40,44-50H2,1-19H3,(H,96,101)(H,105,106)(H,107,108)/b58-42-/t54-,60-,61-,62-,66+,67-,68-,69+,83?,84+,85+,86-,87-,88-,89-,90-,91-/m1/s1. The van der Waals surface area contributed by atoms with E-state index in [1.807, 2.05) is 25.7 Å². The quantitative estimate of drug-likeness (QED) is 0.0482. The highest BCUT2D eigenvalue weighted by Crippen LogP contribution is 2.79. The number of nitrogens with zero attached hydrogens (tertiary/aromatic N) is 3. The number of amides is 1. The van der Waals surface area contributed by atoms with E-state index < -0.39 is 69.4 Å². The fourth-order valence-corrected chi connectivity index (χ4v) is 26.5. The van der Waals surface area contributed by atoms with Crippen LogP contribution in [-0.4, -0.2) is 85.2 Å². The van der Waals surface area contributed by atoms with Crippen LogP contribution in [0.4, 0.5) is 5.69 Å². The summed E-state index contributed by atoms with van der Waals surface area (Å²) in [5.74, 6) is -0.860. The Balaban J connectivity index is 0.704. The van der Waals surface area contributed by atoms with Crippen LogP contribution in [0.25, 0.3) is 5.82 Å². The number of fused-ring (bicyclic) bond motifs is 12. The lowest BCUT2D eigenvalue weighted by molar-refractivity contribution is -0.233. The summed E-state index contributed by atoms with van der Waals surface area (Å²) in [6.07, 6.45) is 18.9. The first-order valence-electron chi connectivity index (χ1n) is 41.6. The van der Waals surface area contributed by atoms with Crippen LogP contribution in [0.5, 0.6) is 0 Å². The Bertz CT molecular complexity index is 4350. The second-order valence-corrected chi connectivity index (χ2v) is 40.8. The molecular formula is C91H127Cl2N5O12. The third-order valence-corrected chi connectivity index (χ3v) is 33.4. The van der Waals surface area contributed by atoms with Gasteiger partial charge in [0.25, 0.3) is 5.56 Å². The Kier molecular flexibility index (Phi) is 22.3. The second-order valence-electron chi connectivity index (χ2n) is 40.0. The summed E-state index contributed by atoms with van der Waals surface area (Å²) in [5, 5.41) is 28.0. The molecule has 7 saturated carbocycles. The van der Waals surface area contributed by atoms with E-state index in [1.165, 1.54) is 11.1 Å². The van der Waals surface area contributed by atoms with E-state index in [9.17, 15) is 48.6 Å². The maximum absolute atomic E-state index is 14.7. The number of hydrogen-bond donors (Lipinski definition) is 4. The molecule has 0 aliphatic heterocycles. The molecule has 2 heterocycles. The molecule has 17 nitrogen and oxygen atoms in total. The van der Waals surface area contributed by atoms with Crippen molar-refractivity contribution in [3.63, 3.8) is 0 Å². The largest absolute Gasteiger partial charge is 0.481 e. The molecule has 9 aliphatic carbocycles. The molecule has 19 heteroatoms. The fourth-order valence-electron chi connectivity index (χ4n) is 26.2. The van der Waals surface area contributed by atoms with Crippen molar-refractivity contribution in [2.24, 2.45) is 114 Å². The molecular weight excluding hydrogens is 1430 g/mol. The lowest BCUT2D eigenvalue weighted by Crippen LogP contribution is -2.65. The molecule has 17 atom stereocenters. The van der Waals surface area contributed by atoms with Crippen molar-refractivity contribution in [3.05, 3.63) is 108 Å². The number of benzene rings is 1. The first-order chi connectivity index (χ1) is 51.3. The SMILES string of the molecule is CC[C@H](CC[C@@]1(C)[C@H](C)CC[C@]2(C)[C@@H]1CC[C@@H]1C3=C(C(C)C)C(=O)C[C@]3(C/C(=C/C(=O)Nc3ccc(Cl)c(CC(C)(CC(=O)O[C@H]4CC[C@]5(C)[C@H]6CC[C@@H]7C8=C(C(C)C)C(=O)C[C@]8(Cc8cc(=O)n(-c9ccc(Cl)cn9)n8C)CC[C@@]7(C)[C@]6(C)CC[C@H]5C4(C)C)C(=O)O)c3)NC)CC[C@]12C)OC(=O)CC(C)(C)C(=O)O. The number of pyridine rings is 1. The summed E-state index contributed by atoms with van der Waals surface area (Å²) in [7, 11) is 3.73. The molecule has 1 unspecified atom stereocenters. The third kappa shape index (κ3) is 13.8. The Labute approximate surface area is 663 Å².